The van der Waals surface area contributed by atoms with E-state index in [0.717, 1.165) is 0 Å². The van der Waals surface area contributed by atoms with Gasteiger partial charge in [-0.1, -0.05) is 33.3 Å². The van der Waals surface area contributed by atoms with Crippen molar-refractivity contribution in [2.75, 3.05) is 20.1 Å². The summed E-state index contributed by atoms with van der Waals surface area (Å²) in [5, 5.41) is 0. The summed E-state index contributed by atoms with van der Waals surface area (Å²) >= 11 is 0. The van der Waals surface area contributed by atoms with Crippen molar-refractivity contribution in [2.45, 2.75) is 40.0 Å². The van der Waals surface area contributed by atoms with Crippen molar-refractivity contribution in [1.82, 2.24) is 4.90 Å². The lowest BCUT2D eigenvalue weighted by Gasteiger charge is -2.20. The van der Waals surface area contributed by atoms with E-state index in [1.807, 2.05) is 6.08 Å². The molecule has 0 spiro atoms. The summed E-state index contributed by atoms with van der Waals surface area (Å²) in [5.74, 6) is 0. The molecule has 0 aromatic heterocycles. The maximum atomic E-state index is 3.63. The molecule has 0 atom stereocenters. The van der Waals surface area contributed by atoms with Gasteiger partial charge in [-0.2, -0.15) is 0 Å². The van der Waals surface area contributed by atoms with E-state index in [1.165, 1.54) is 32.4 Å². The van der Waals surface area contributed by atoms with Gasteiger partial charge in [0.25, 0.3) is 0 Å². The Morgan fingerprint density at radius 1 is 1.08 bits per heavy atom. The van der Waals surface area contributed by atoms with E-state index in [9.17, 15) is 0 Å². The van der Waals surface area contributed by atoms with Crippen molar-refractivity contribution in [3.05, 3.63) is 12.7 Å². The molecule has 0 saturated carbocycles. The van der Waals surface area contributed by atoms with Crippen molar-refractivity contribution >= 4 is 0 Å². The highest BCUT2D eigenvalue weighted by atomic mass is 15.1. The lowest BCUT2D eigenvalue weighted by atomic mass is 9.98. The number of hydrogen-bond donors (Lipinski definition) is 0. The summed E-state index contributed by atoms with van der Waals surface area (Å²) in [7, 11) is 2.19. The largest absolute Gasteiger partial charge is 0.306 e. The predicted octanol–water partition coefficient (Wildman–Crippen LogP) is 3.32. The van der Waals surface area contributed by atoms with Crippen molar-refractivity contribution < 1.29 is 0 Å². The summed E-state index contributed by atoms with van der Waals surface area (Å²) in [6.07, 6.45) is 6.21. The van der Waals surface area contributed by atoms with Gasteiger partial charge in [-0.3, -0.25) is 0 Å². The second-order valence-electron chi connectivity index (χ2n) is 4.93. The molecule has 1 heterocycles. The van der Waals surface area contributed by atoms with E-state index < -0.39 is 0 Å². The number of nitrogens with zero attached hydrogens (tertiary/aromatic N) is 1. The van der Waals surface area contributed by atoms with Crippen LogP contribution >= 0.6 is 0 Å². The van der Waals surface area contributed by atoms with Gasteiger partial charge in [0, 0.05) is 0 Å². The van der Waals surface area contributed by atoms with Gasteiger partial charge in [0.15, 0.2) is 0 Å². The van der Waals surface area contributed by atoms with Crippen molar-refractivity contribution in [1.29, 1.82) is 0 Å². The van der Waals surface area contributed by atoms with Gasteiger partial charge in [-0.15, -0.1) is 6.58 Å². The molecule has 0 N–H and O–H groups in total. The molecule has 0 amide bonds. The molecule has 0 bridgehead atoms. The first-order valence-corrected chi connectivity index (χ1v) is 5.28. The van der Waals surface area contributed by atoms with Gasteiger partial charge in [-0.05, 0) is 38.4 Å². The van der Waals surface area contributed by atoms with Gasteiger partial charge in [0.05, 0.1) is 0 Å². The first-order valence-electron chi connectivity index (χ1n) is 5.28. The molecule has 0 radical (unpaired) electrons. The van der Waals surface area contributed by atoms with Crippen LogP contribution in [0.2, 0.25) is 0 Å². The zero-order chi connectivity index (χ0) is 10.3. The predicted molar refractivity (Wildman–Crippen MR) is 61.0 cm³/mol. The molecular weight excluding hydrogens is 158 g/mol. The highest BCUT2D eigenvalue weighted by Crippen LogP contribution is 2.11. The number of hydrogen-bond acceptors (Lipinski definition) is 1. The van der Waals surface area contributed by atoms with Crippen molar-refractivity contribution in [3.8, 4) is 0 Å². The molecule has 0 aliphatic carbocycles. The Bertz CT molecular complexity index is 127. The van der Waals surface area contributed by atoms with E-state index in [0.29, 0.717) is 5.41 Å². The quantitative estimate of drug-likeness (QED) is 0.521. The second kappa shape index (κ2) is 6.20. The van der Waals surface area contributed by atoms with Crippen LogP contribution in [0.1, 0.15) is 40.0 Å². The molecule has 13 heavy (non-hydrogen) atoms. The smallest absolute Gasteiger partial charge is 0.00218 e. The monoisotopic (exact) mass is 183 g/mol. The normalized spacial score (nSPS) is 18.8. The standard InChI is InChI=1S/C6H13N.C6H12/c1-7-5-3-2-4-6-7;1-5-6(2,3)4/h2-6H2,1H3;5H,1H2,2-4H3. The van der Waals surface area contributed by atoms with Crippen LogP contribution in [0.25, 0.3) is 0 Å². The van der Waals surface area contributed by atoms with Gasteiger partial charge >= 0.3 is 0 Å². The third kappa shape index (κ3) is 9.62. The molecule has 1 nitrogen and oxygen atoms in total. The number of rotatable bonds is 0. The average Bonchev–Trinajstić information content (AvgIpc) is 2.06. The van der Waals surface area contributed by atoms with Crippen molar-refractivity contribution in [3.63, 3.8) is 0 Å². The maximum absolute atomic E-state index is 3.63. The van der Waals surface area contributed by atoms with E-state index in [1.54, 1.807) is 0 Å². The number of likely N-dealkylation sites (tertiary alicyclic amines) is 1. The fourth-order valence-electron chi connectivity index (χ4n) is 1.05. The molecule has 1 aliphatic heterocycles. The Morgan fingerprint density at radius 2 is 1.46 bits per heavy atom. The molecule has 78 valence electrons. The number of allylic oxidation sites excluding steroid dienone is 1. The zero-order valence-electron chi connectivity index (χ0n) is 9.77. The van der Waals surface area contributed by atoms with E-state index in [2.05, 4.69) is 39.3 Å². The molecule has 0 aromatic carbocycles. The summed E-state index contributed by atoms with van der Waals surface area (Å²) in [6, 6.07) is 0. The average molecular weight is 183 g/mol. The highest BCUT2D eigenvalue weighted by Gasteiger charge is 2.02. The maximum Gasteiger partial charge on any atom is -0.00218 e. The van der Waals surface area contributed by atoms with Gasteiger partial charge < -0.3 is 4.90 Å². The second-order valence-corrected chi connectivity index (χ2v) is 4.93. The van der Waals surface area contributed by atoms with Crippen LogP contribution in [0.3, 0.4) is 0 Å². The molecule has 1 saturated heterocycles. The van der Waals surface area contributed by atoms with Crippen LogP contribution in [0.15, 0.2) is 12.7 Å². The summed E-state index contributed by atoms with van der Waals surface area (Å²) in [5.41, 5.74) is 0.306. The van der Waals surface area contributed by atoms with Crippen LogP contribution in [0.5, 0.6) is 0 Å². The van der Waals surface area contributed by atoms with Crippen LogP contribution < -0.4 is 0 Å². The van der Waals surface area contributed by atoms with Gasteiger partial charge in [0.1, 0.15) is 0 Å². The van der Waals surface area contributed by atoms with E-state index in [-0.39, 0.29) is 0 Å². The van der Waals surface area contributed by atoms with E-state index >= 15 is 0 Å². The summed E-state index contributed by atoms with van der Waals surface area (Å²) in [6.45, 7) is 12.6. The fraction of sp³-hybridized carbons (Fsp3) is 0.833. The molecule has 1 rings (SSSR count). The highest BCUT2D eigenvalue weighted by molar-refractivity contribution is 4.82. The lowest BCUT2D eigenvalue weighted by molar-refractivity contribution is 0.277. The fourth-order valence-corrected chi connectivity index (χ4v) is 1.05. The summed E-state index contributed by atoms with van der Waals surface area (Å²) in [4.78, 5) is 2.39. The van der Waals surface area contributed by atoms with Crippen LogP contribution in [-0.4, -0.2) is 25.0 Å². The van der Waals surface area contributed by atoms with Crippen molar-refractivity contribution in [2.24, 2.45) is 5.41 Å². The number of piperidine rings is 1. The third-order valence-electron chi connectivity index (χ3n) is 2.19. The molecule has 0 unspecified atom stereocenters. The Balaban J connectivity index is 0.000000226. The lowest BCUT2D eigenvalue weighted by Crippen LogP contribution is -2.24. The Morgan fingerprint density at radius 3 is 1.62 bits per heavy atom. The molecular formula is C12H25N. The van der Waals surface area contributed by atoms with Gasteiger partial charge in [-0.25, -0.2) is 0 Å². The van der Waals surface area contributed by atoms with E-state index in [4.69, 9.17) is 0 Å². The summed E-state index contributed by atoms with van der Waals surface area (Å²) < 4.78 is 0. The minimum atomic E-state index is 0.306. The molecule has 1 heteroatoms. The molecule has 0 aromatic rings. The van der Waals surface area contributed by atoms with Gasteiger partial charge in [0.2, 0.25) is 0 Å². The molecule has 1 aliphatic rings. The first kappa shape index (κ1) is 12.7. The Labute approximate surface area is 83.8 Å². The van der Waals surface area contributed by atoms with Crippen LogP contribution in [-0.2, 0) is 0 Å². The minimum Gasteiger partial charge on any atom is -0.306 e. The third-order valence-corrected chi connectivity index (χ3v) is 2.19. The Hall–Kier alpha value is -0.300. The minimum absolute atomic E-state index is 0.306. The van der Waals surface area contributed by atoms with Crippen LogP contribution in [0, 0.1) is 5.41 Å². The first-order chi connectivity index (χ1) is 5.95. The SMILES string of the molecule is C=CC(C)(C)C.CN1CCCCC1. The molecule has 1 fully saturated rings. The topological polar surface area (TPSA) is 3.24 Å². The van der Waals surface area contributed by atoms with Crippen LogP contribution in [0.4, 0.5) is 0 Å². The zero-order valence-corrected chi connectivity index (χ0v) is 9.77. The Kier molecular flexibility index (Phi) is 6.06.